The zero-order chi connectivity index (χ0) is 17.0. The number of piperazine rings is 1. The number of rotatable bonds is 4. The molecule has 1 aromatic carbocycles. The molecule has 0 bridgehead atoms. The number of nitrogens with one attached hydrogen (secondary N) is 1. The quantitative estimate of drug-likeness (QED) is 0.889. The van der Waals surface area contributed by atoms with Gasteiger partial charge in [-0.1, -0.05) is 12.1 Å². The molecule has 4 nitrogen and oxygen atoms in total. The Morgan fingerprint density at radius 2 is 1.80 bits per heavy atom. The molecule has 0 aliphatic carbocycles. The second kappa shape index (κ2) is 8.51. The van der Waals surface area contributed by atoms with E-state index in [1.165, 1.54) is 17.7 Å². The van der Waals surface area contributed by atoms with Gasteiger partial charge in [0, 0.05) is 44.6 Å². The van der Waals surface area contributed by atoms with Crippen LogP contribution in [0, 0.1) is 0 Å². The van der Waals surface area contributed by atoms with E-state index in [2.05, 4.69) is 19.9 Å². The number of aromatic nitrogens is 1. The summed E-state index contributed by atoms with van der Waals surface area (Å²) in [5, 5.41) is 3.38. The number of ether oxygens (including phenoxy) is 1. The van der Waals surface area contributed by atoms with E-state index in [0.29, 0.717) is 6.54 Å². The Balaban J connectivity index is 0.00000225. The highest BCUT2D eigenvalue weighted by Gasteiger charge is 2.31. The standard InChI is InChI=1S/C17H18F3N3O.ClH/c18-17(19,20)24-15-3-1-13(2-4-15)12-23-10-9-22-11-16(23)14-5-7-21-8-6-14;/h1-8,16,22H,9-12H2;1H. The van der Waals surface area contributed by atoms with Crippen LogP contribution in [0.3, 0.4) is 0 Å². The van der Waals surface area contributed by atoms with Crippen molar-refractivity contribution in [3.8, 4) is 5.75 Å². The van der Waals surface area contributed by atoms with Crippen molar-refractivity contribution in [2.45, 2.75) is 18.9 Å². The van der Waals surface area contributed by atoms with E-state index < -0.39 is 6.36 Å². The van der Waals surface area contributed by atoms with Gasteiger partial charge in [0.25, 0.3) is 0 Å². The molecule has 1 aliphatic rings. The Morgan fingerprint density at radius 3 is 2.44 bits per heavy atom. The van der Waals surface area contributed by atoms with Crippen LogP contribution in [0.4, 0.5) is 13.2 Å². The van der Waals surface area contributed by atoms with Crippen LogP contribution in [0.25, 0.3) is 0 Å². The van der Waals surface area contributed by atoms with Gasteiger partial charge in [0.15, 0.2) is 0 Å². The van der Waals surface area contributed by atoms with Crippen molar-refractivity contribution in [3.05, 3.63) is 59.9 Å². The molecule has 1 atom stereocenters. The van der Waals surface area contributed by atoms with E-state index in [0.717, 1.165) is 25.2 Å². The summed E-state index contributed by atoms with van der Waals surface area (Å²) < 4.78 is 40.5. The fraction of sp³-hybridized carbons (Fsp3) is 0.353. The highest BCUT2D eigenvalue weighted by atomic mass is 35.5. The lowest BCUT2D eigenvalue weighted by Crippen LogP contribution is -2.45. The summed E-state index contributed by atoms with van der Waals surface area (Å²) in [6.45, 7) is 3.25. The number of alkyl halides is 3. The monoisotopic (exact) mass is 373 g/mol. The van der Waals surface area contributed by atoms with Crippen molar-refractivity contribution in [2.75, 3.05) is 19.6 Å². The number of benzene rings is 1. The van der Waals surface area contributed by atoms with Crippen molar-refractivity contribution < 1.29 is 17.9 Å². The molecule has 0 radical (unpaired) electrons. The van der Waals surface area contributed by atoms with Gasteiger partial charge in [-0.05, 0) is 35.4 Å². The lowest BCUT2D eigenvalue weighted by atomic mass is 10.0. The first-order chi connectivity index (χ1) is 11.5. The lowest BCUT2D eigenvalue weighted by Gasteiger charge is -2.36. The summed E-state index contributed by atoms with van der Waals surface area (Å²) in [5.74, 6) is -0.197. The molecule has 1 aliphatic heterocycles. The van der Waals surface area contributed by atoms with Crippen LogP contribution in [-0.4, -0.2) is 35.9 Å². The van der Waals surface area contributed by atoms with Crippen molar-refractivity contribution in [2.24, 2.45) is 0 Å². The van der Waals surface area contributed by atoms with Gasteiger partial charge in [0.1, 0.15) is 5.75 Å². The molecule has 1 saturated heterocycles. The van der Waals surface area contributed by atoms with Gasteiger partial charge in [-0.15, -0.1) is 25.6 Å². The molecular weight excluding hydrogens is 355 g/mol. The summed E-state index contributed by atoms with van der Waals surface area (Å²) in [6.07, 6.45) is -1.12. The normalized spacial score (nSPS) is 18.4. The molecule has 1 aromatic heterocycles. The molecule has 0 amide bonds. The predicted octanol–water partition coefficient (Wildman–Crippen LogP) is 3.55. The van der Waals surface area contributed by atoms with E-state index in [1.807, 2.05) is 12.1 Å². The first-order valence-corrected chi connectivity index (χ1v) is 7.71. The molecule has 0 saturated carbocycles. The van der Waals surface area contributed by atoms with Crippen LogP contribution >= 0.6 is 12.4 Å². The largest absolute Gasteiger partial charge is 0.573 e. The Bertz CT molecular complexity index is 652. The minimum absolute atomic E-state index is 0. The summed E-state index contributed by atoms with van der Waals surface area (Å²) in [4.78, 5) is 6.35. The third kappa shape index (κ3) is 5.59. The van der Waals surface area contributed by atoms with E-state index >= 15 is 0 Å². The molecule has 25 heavy (non-hydrogen) atoms. The minimum atomic E-state index is -4.66. The Hall–Kier alpha value is -1.83. The number of hydrogen-bond donors (Lipinski definition) is 1. The smallest absolute Gasteiger partial charge is 0.406 e. The molecule has 2 aromatic rings. The van der Waals surface area contributed by atoms with Crippen LogP contribution in [0.1, 0.15) is 17.2 Å². The molecule has 0 spiro atoms. The SMILES string of the molecule is Cl.FC(F)(F)Oc1ccc(CN2CCNCC2c2ccncc2)cc1. The molecule has 1 unspecified atom stereocenters. The zero-order valence-corrected chi connectivity index (χ0v) is 14.2. The van der Waals surface area contributed by atoms with Crippen molar-refractivity contribution >= 4 is 12.4 Å². The molecule has 1 fully saturated rings. The van der Waals surface area contributed by atoms with E-state index in [1.54, 1.807) is 24.5 Å². The summed E-state index contributed by atoms with van der Waals surface area (Å²) in [6, 6.07) is 10.3. The Labute approximate surface area is 150 Å². The van der Waals surface area contributed by atoms with Crippen LogP contribution in [0.2, 0.25) is 0 Å². The maximum Gasteiger partial charge on any atom is 0.573 e. The fourth-order valence-corrected chi connectivity index (χ4v) is 2.88. The Morgan fingerprint density at radius 1 is 1.12 bits per heavy atom. The third-order valence-corrected chi connectivity index (χ3v) is 3.99. The number of pyridine rings is 1. The van der Waals surface area contributed by atoms with E-state index in [9.17, 15) is 13.2 Å². The first kappa shape index (κ1) is 19.5. The first-order valence-electron chi connectivity index (χ1n) is 7.71. The molecule has 2 heterocycles. The lowest BCUT2D eigenvalue weighted by molar-refractivity contribution is -0.274. The molecule has 136 valence electrons. The van der Waals surface area contributed by atoms with Gasteiger partial charge in [-0.25, -0.2) is 0 Å². The van der Waals surface area contributed by atoms with E-state index in [4.69, 9.17) is 0 Å². The van der Waals surface area contributed by atoms with Gasteiger partial charge in [0.05, 0.1) is 0 Å². The number of halogens is 4. The van der Waals surface area contributed by atoms with Crippen LogP contribution in [0.5, 0.6) is 5.75 Å². The highest BCUT2D eigenvalue weighted by molar-refractivity contribution is 5.85. The van der Waals surface area contributed by atoms with Crippen LogP contribution < -0.4 is 10.1 Å². The van der Waals surface area contributed by atoms with Gasteiger partial charge >= 0.3 is 6.36 Å². The second-order valence-electron chi connectivity index (χ2n) is 5.66. The molecule has 1 N–H and O–H groups in total. The second-order valence-corrected chi connectivity index (χ2v) is 5.66. The van der Waals surface area contributed by atoms with E-state index in [-0.39, 0.29) is 24.2 Å². The van der Waals surface area contributed by atoms with Crippen molar-refractivity contribution in [1.82, 2.24) is 15.2 Å². The maximum absolute atomic E-state index is 12.2. The van der Waals surface area contributed by atoms with Gasteiger partial charge in [-0.2, -0.15) is 0 Å². The van der Waals surface area contributed by atoms with Gasteiger partial charge in [0.2, 0.25) is 0 Å². The summed E-state index contributed by atoms with van der Waals surface area (Å²) in [5.41, 5.74) is 2.12. The summed E-state index contributed by atoms with van der Waals surface area (Å²) >= 11 is 0. The zero-order valence-electron chi connectivity index (χ0n) is 13.4. The summed E-state index contributed by atoms with van der Waals surface area (Å²) in [7, 11) is 0. The maximum atomic E-state index is 12.2. The van der Waals surface area contributed by atoms with Crippen molar-refractivity contribution in [1.29, 1.82) is 0 Å². The Kier molecular flexibility index (Phi) is 6.64. The topological polar surface area (TPSA) is 37.4 Å². The fourth-order valence-electron chi connectivity index (χ4n) is 2.88. The van der Waals surface area contributed by atoms with Gasteiger partial charge in [-0.3, -0.25) is 9.88 Å². The van der Waals surface area contributed by atoms with Crippen molar-refractivity contribution in [3.63, 3.8) is 0 Å². The number of nitrogens with zero attached hydrogens (tertiary/aromatic N) is 2. The average Bonchev–Trinajstić information content (AvgIpc) is 2.57. The predicted molar refractivity (Wildman–Crippen MR) is 90.6 cm³/mol. The average molecular weight is 374 g/mol. The van der Waals surface area contributed by atoms with Crippen LogP contribution in [-0.2, 0) is 6.54 Å². The molecule has 3 rings (SSSR count). The molecule has 8 heteroatoms. The number of hydrogen-bond acceptors (Lipinski definition) is 4. The van der Waals surface area contributed by atoms with Crippen LogP contribution in [0.15, 0.2) is 48.8 Å². The molecular formula is C17H19ClF3N3O. The third-order valence-electron chi connectivity index (χ3n) is 3.99. The highest BCUT2D eigenvalue weighted by Crippen LogP contribution is 2.26. The minimum Gasteiger partial charge on any atom is -0.406 e. The van der Waals surface area contributed by atoms with Gasteiger partial charge < -0.3 is 10.1 Å².